The van der Waals surface area contributed by atoms with Crippen LogP contribution in [-0.4, -0.2) is 43.3 Å². The van der Waals surface area contributed by atoms with Crippen molar-refractivity contribution in [1.29, 1.82) is 0 Å². The number of anilines is 1. The summed E-state index contributed by atoms with van der Waals surface area (Å²) in [6, 6.07) is 6.09. The lowest BCUT2D eigenvalue weighted by atomic mass is 10.2. The number of rotatable bonds is 5. The van der Waals surface area contributed by atoms with E-state index in [9.17, 15) is 5.11 Å². The van der Waals surface area contributed by atoms with Crippen molar-refractivity contribution in [3.63, 3.8) is 0 Å². The Kier molecular flexibility index (Phi) is 5.25. The third kappa shape index (κ3) is 4.51. The van der Waals surface area contributed by atoms with E-state index >= 15 is 0 Å². The maximum Gasteiger partial charge on any atom is 0.0838 e. The predicted molar refractivity (Wildman–Crippen MR) is 71.9 cm³/mol. The van der Waals surface area contributed by atoms with Gasteiger partial charge in [-0.1, -0.05) is 22.0 Å². The average molecular weight is 287 g/mol. The molecular weight excluding hydrogens is 268 g/mol. The van der Waals surface area contributed by atoms with Crippen LogP contribution in [-0.2, 0) is 0 Å². The number of hydrogen-bond donors (Lipinski definition) is 2. The van der Waals surface area contributed by atoms with Gasteiger partial charge >= 0.3 is 0 Å². The minimum Gasteiger partial charge on any atom is -0.390 e. The molecule has 1 aromatic rings. The normalized spacial score (nSPS) is 12.9. The minimum absolute atomic E-state index is 0.352. The van der Waals surface area contributed by atoms with Crippen LogP contribution in [0.15, 0.2) is 22.7 Å². The fourth-order valence-corrected chi connectivity index (χ4v) is 1.80. The van der Waals surface area contributed by atoms with Gasteiger partial charge < -0.3 is 15.3 Å². The van der Waals surface area contributed by atoms with Gasteiger partial charge in [0.2, 0.25) is 0 Å². The van der Waals surface area contributed by atoms with Gasteiger partial charge in [0.25, 0.3) is 0 Å². The summed E-state index contributed by atoms with van der Waals surface area (Å²) in [5.74, 6) is 0. The summed E-state index contributed by atoms with van der Waals surface area (Å²) >= 11 is 3.48. The largest absolute Gasteiger partial charge is 0.390 e. The van der Waals surface area contributed by atoms with Crippen LogP contribution in [0, 0.1) is 6.92 Å². The SMILES string of the molecule is Cc1ccc(NCC(O)CN(C)C)cc1Br. The molecule has 90 valence electrons. The average Bonchev–Trinajstić information content (AvgIpc) is 2.19. The highest BCUT2D eigenvalue weighted by Crippen LogP contribution is 2.20. The molecule has 0 aromatic heterocycles. The van der Waals surface area contributed by atoms with Gasteiger partial charge in [-0.15, -0.1) is 0 Å². The van der Waals surface area contributed by atoms with Crippen molar-refractivity contribution >= 4 is 21.6 Å². The molecule has 16 heavy (non-hydrogen) atoms. The molecule has 0 fully saturated rings. The van der Waals surface area contributed by atoms with E-state index in [1.165, 1.54) is 5.56 Å². The second kappa shape index (κ2) is 6.23. The molecule has 2 N–H and O–H groups in total. The van der Waals surface area contributed by atoms with Crippen LogP contribution in [0.25, 0.3) is 0 Å². The number of aliphatic hydroxyl groups is 1. The Morgan fingerprint density at radius 1 is 1.44 bits per heavy atom. The fourth-order valence-electron chi connectivity index (χ4n) is 1.42. The van der Waals surface area contributed by atoms with Crippen molar-refractivity contribution in [3.05, 3.63) is 28.2 Å². The summed E-state index contributed by atoms with van der Waals surface area (Å²) in [5, 5.41) is 12.9. The van der Waals surface area contributed by atoms with Crippen molar-refractivity contribution in [3.8, 4) is 0 Å². The molecule has 3 nitrogen and oxygen atoms in total. The Morgan fingerprint density at radius 3 is 2.69 bits per heavy atom. The Labute approximate surface area is 106 Å². The second-order valence-corrected chi connectivity index (χ2v) is 5.12. The summed E-state index contributed by atoms with van der Waals surface area (Å²) in [4.78, 5) is 1.97. The first kappa shape index (κ1) is 13.5. The molecular formula is C12H19BrN2O. The highest BCUT2D eigenvalue weighted by molar-refractivity contribution is 9.10. The zero-order valence-corrected chi connectivity index (χ0v) is 11.6. The smallest absolute Gasteiger partial charge is 0.0838 e. The van der Waals surface area contributed by atoms with Crippen LogP contribution >= 0.6 is 15.9 Å². The molecule has 4 heteroatoms. The van der Waals surface area contributed by atoms with Crippen molar-refractivity contribution in [2.75, 3.05) is 32.5 Å². The van der Waals surface area contributed by atoms with E-state index < -0.39 is 0 Å². The fraction of sp³-hybridized carbons (Fsp3) is 0.500. The number of nitrogens with zero attached hydrogens (tertiary/aromatic N) is 1. The van der Waals surface area contributed by atoms with Crippen molar-refractivity contribution in [2.24, 2.45) is 0 Å². The van der Waals surface area contributed by atoms with E-state index in [4.69, 9.17) is 0 Å². The molecule has 0 aliphatic carbocycles. The number of halogens is 1. The molecule has 1 unspecified atom stereocenters. The first-order valence-electron chi connectivity index (χ1n) is 5.32. The second-order valence-electron chi connectivity index (χ2n) is 4.26. The molecule has 0 saturated heterocycles. The van der Waals surface area contributed by atoms with E-state index in [0.29, 0.717) is 13.1 Å². The highest BCUT2D eigenvalue weighted by Gasteiger charge is 2.05. The monoisotopic (exact) mass is 286 g/mol. The Morgan fingerprint density at radius 2 is 2.12 bits per heavy atom. The molecule has 1 aromatic carbocycles. The standard InChI is InChI=1S/C12H19BrN2O/c1-9-4-5-10(6-12(9)13)14-7-11(16)8-15(2)3/h4-6,11,14,16H,7-8H2,1-3H3. The van der Waals surface area contributed by atoms with E-state index in [2.05, 4.69) is 28.2 Å². The van der Waals surface area contributed by atoms with E-state index in [1.807, 2.05) is 37.2 Å². The maximum atomic E-state index is 9.69. The van der Waals surface area contributed by atoms with Crippen LogP contribution < -0.4 is 5.32 Å². The minimum atomic E-state index is -0.352. The molecule has 0 aliphatic rings. The van der Waals surface area contributed by atoms with E-state index in [0.717, 1.165) is 10.2 Å². The van der Waals surface area contributed by atoms with Crippen molar-refractivity contribution < 1.29 is 5.11 Å². The summed E-state index contributed by atoms with van der Waals surface area (Å²) in [6.07, 6.45) is -0.352. The molecule has 0 saturated carbocycles. The van der Waals surface area contributed by atoms with Gasteiger partial charge in [0.1, 0.15) is 0 Å². The van der Waals surface area contributed by atoms with E-state index in [1.54, 1.807) is 0 Å². The summed E-state index contributed by atoms with van der Waals surface area (Å²) in [7, 11) is 3.90. The molecule has 0 bridgehead atoms. The Hall–Kier alpha value is -0.580. The lowest BCUT2D eigenvalue weighted by molar-refractivity contribution is 0.148. The number of aryl methyl sites for hydroxylation is 1. The van der Waals surface area contributed by atoms with Crippen molar-refractivity contribution in [2.45, 2.75) is 13.0 Å². The van der Waals surface area contributed by atoms with E-state index in [-0.39, 0.29) is 6.10 Å². The predicted octanol–water partition coefficient (Wildman–Crippen LogP) is 2.09. The molecule has 0 heterocycles. The van der Waals surface area contributed by atoms with Gasteiger partial charge in [0, 0.05) is 23.2 Å². The summed E-state index contributed by atoms with van der Waals surface area (Å²) in [6.45, 7) is 3.28. The van der Waals surface area contributed by atoms with Gasteiger partial charge in [0.05, 0.1) is 6.10 Å². The first-order chi connectivity index (χ1) is 7.49. The number of aliphatic hydroxyl groups excluding tert-OH is 1. The van der Waals surface area contributed by atoms with Gasteiger partial charge in [-0.25, -0.2) is 0 Å². The van der Waals surface area contributed by atoms with Gasteiger partial charge in [-0.3, -0.25) is 0 Å². The van der Waals surface area contributed by atoms with Gasteiger partial charge in [-0.05, 0) is 38.7 Å². The quantitative estimate of drug-likeness (QED) is 0.870. The molecule has 0 radical (unpaired) electrons. The number of likely N-dealkylation sites (N-methyl/N-ethyl adjacent to an activating group) is 1. The van der Waals surface area contributed by atoms with Crippen molar-refractivity contribution in [1.82, 2.24) is 4.90 Å². The number of benzene rings is 1. The molecule has 0 aliphatic heterocycles. The first-order valence-corrected chi connectivity index (χ1v) is 6.11. The Bertz CT molecular complexity index is 342. The lowest BCUT2D eigenvalue weighted by Crippen LogP contribution is -2.31. The van der Waals surface area contributed by atoms with Crippen LogP contribution in [0.2, 0.25) is 0 Å². The molecule has 1 rings (SSSR count). The molecule has 0 spiro atoms. The summed E-state index contributed by atoms with van der Waals surface area (Å²) < 4.78 is 1.08. The van der Waals surface area contributed by atoms with Crippen LogP contribution in [0.4, 0.5) is 5.69 Å². The van der Waals surface area contributed by atoms with Crippen LogP contribution in [0.5, 0.6) is 0 Å². The van der Waals surface area contributed by atoms with Gasteiger partial charge in [-0.2, -0.15) is 0 Å². The van der Waals surface area contributed by atoms with Gasteiger partial charge in [0.15, 0.2) is 0 Å². The molecule has 1 atom stereocenters. The highest BCUT2D eigenvalue weighted by atomic mass is 79.9. The van der Waals surface area contributed by atoms with Crippen LogP contribution in [0.3, 0.4) is 0 Å². The lowest BCUT2D eigenvalue weighted by Gasteiger charge is -2.17. The zero-order chi connectivity index (χ0) is 12.1. The topological polar surface area (TPSA) is 35.5 Å². The third-order valence-electron chi connectivity index (χ3n) is 2.29. The zero-order valence-electron chi connectivity index (χ0n) is 10.00. The summed E-state index contributed by atoms with van der Waals surface area (Å²) in [5.41, 5.74) is 2.23. The molecule has 0 amide bonds. The maximum absolute atomic E-state index is 9.69. The number of nitrogens with one attached hydrogen (secondary N) is 1. The third-order valence-corrected chi connectivity index (χ3v) is 3.14. The number of hydrogen-bond acceptors (Lipinski definition) is 3. The van der Waals surface area contributed by atoms with Crippen LogP contribution in [0.1, 0.15) is 5.56 Å². The Balaban J connectivity index is 2.45.